The average Bonchev–Trinajstić information content (AvgIpc) is 3.08. The summed E-state index contributed by atoms with van der Waals surface area (Å²) in [6.45, 7) is 7.55. The van der Waals surface area contributed by atoms with E-state index in [9.17, 15) is 0 Å². The number of nitrogens with one attached hydrogen (secondary N) is 1. The number of hydrogen-bond acceptors (Lipinski definition) is 7. The van der Waals surface area contributed by atoms with E-state index in [1.165, 1.54) is 11.3 Å². The lowest BCUT2D eigenvalue weighted by Gasteiger charge is -2.26. The molecule has 19 heavy (non-hydrogen) atoms. The molecule has 0 saturated heterocycles. The highest BCUT2D eigenvalue weighted by Crippen LogP contribution is 2.27. The van der Waals surface area contributed by atoms with Crippen molar-refractivity contribution in [1.82, 2.24) is 20.5 Å². The summed E-state index contributed by atoms with van der Waals surface area (Å²) in [7, 11) is 0. The van der Waals surface area contributed by atoms with Crippen LogP contribution in [0.4, 0.5) is 0 Å². The summed E-state index contributed by atoms with van der Waals surface area (Å²) in [5, 5.41) is 16.3. The van der Waals surface area contributed by atoms with Crippen molar-refractivity contribution in [3.05, 3.63) is 21.6 Å². The predicted molar refractivity (Wildman–Crippen MR) is 77.7 cm³/mol. The van der Waals surface area contributed by atoms with Gasteiger partial charge in [-0.05, 0) is 20.3 Å². The number of thiazole rings is 1. The van der Waals surface area contributed by atoms with Crippen LogP contribution < -0.4 is 10.1 Å². The van der Waals surface area contributed by atoms with Crippen LogP contribution in [0, 0.1) is 0 Å². The maximum Gasteiger partial charge on any atom is 0.294 e. The smallest absolute Gasteiger partial charge is 0.294 e. The molecule has 0 radical (unpaired) electrons. The van der Waals surface area contributed by atoms with Crippen LogP contribution in [0.15, 0.2) is 11.6 Å². The first-order chi connectivity index (χ1) is 9.18. The van der Waals surface area contributed by atoms with E-state index in [1.807, 2.05) is 18.5 Å². The third-order valence-electron chi connectivity index (χ3n) is 2.96. The monoisotopic (exact) mass is 298 g/mol. The lowest BCUT2D eigenvalue weighted by atomic mass is 10.00. The van der Waals surface area contributed by atoms with Crippen LogP contribution in [0.25, 0.3) is 0 Å². The minimum absolute atomic E-state index is 0.119. The Kier molecular flexibility index (Phi) is 4.84. The summed E-state index contributed by atoms with van der Waals surface area (Å²) in [5.74, 6) is 0. The zero-order chi connectivity index (χ0) is 13.7. The van der Waals surface area contributed by atoms with Crippen LogP contribution >= 0.6 is 22.7 Å². The Labute approximate surface area is 121 Å². The molecule has 0 aliphatic rings. The predicted octanol–water partition coefficient (Wildman–Crippen LogP) is 2.81. The summed E-state index contributed by atoms with van der Waals surface area (Å²) in [6, 6.07) is 0. The normalized spacial score (nSPS) is 14.3. The first-order valence-electron chi connectivity index (χ1n) is 6.28. The Morgan fingerprint density at radius 3 is 2.84 bits per heavy atom. The van der Waals surface area contributed by atoms with Gasteiger partial charge in [-0.3, -0.25) is 5.32 Å². The van der Waals surface area contributed by atoms with E-state index in [1.54, 1.807) is 11.3 Å². The lowest BCUT2D eigenvalue weighted by Crippen LogP contribution is -2.38. The molecule has 7 heteroatoms. The molecule has 0 saturated carbocycles. The molecule has 0 aliphatic carbocycles. The maximum absolute atomic E-state index is 5.32. The molecule has 0 fully saturated rings. The standard InChI is InChI=1S/C12H18N4OS2/c1-4-12(3,10-13-6-7-18-10)14-8-9-15-16-11(19-9)17-5-2/h6-7,14H,4-5,8H2,1-3H3/t12-/m0/s1. The van der Waals surface area contributed by atoms with Crippen LogP contribution in [-0.4, -0.2) is 21.8 Å². The molecule has 2 rings (SSSR count). The molecule has 0 aromatic carbocycles. The third-order valence-corrected chi connectivity index (χ3v) is 4.83. The van der Waals surface area contributed by atoms with Crippen molar-refractivity contribution in [1.29, 1.82) is 0 Å². The second-order valence-corrected chi connectivity index (χ2v) is 6.19. The van der Waals surface area contributed by atoms with Crippen molar-refractivity contribution >= 4 is 22.7 Å². The maximum atomic E-state index is 5.32. The molecule has 1 atom stereocenters. The number of nitrogens with zero attached hydrogens (tertiary/aromatic N) is 3. The second kappa shape index (κ2) is 6.40. The van der Waals surface area contributed by atoms with Crippen molar-refractivity contribution in [2.24, 2.45) is 0 Å². The Balaban J connectivity index is 1.99. The Morgan fingerprint density at radius 1 is 1.37 bits per heavy atom. The van der Waals surface area contributed by atoms with Gasteiger partial charge in [0.2, 0.25) is 0 Å². The van der Waals surface area contributed by atoms with E-state index >= 15 is 0 Å². The lowest BCUT2D eigenvalue weighted by molar-refractivity contribution is 0.335. The highest BCUT2D eigenvalue weighted by Gasteiger charge is 2.26. The van der Waals surface area contributed by atoms with Gasteiger partial charge in [-0.25, -0.2) is 4.98 Å². The van der Waals surface area contributed by atoms with Crippen molar-refractivity contribution in [2.45, 2.75) is 39.3 Å². The summed E-state index contributed by atoms with van der Waals surface area (Å²) >= 11 is 3.15. The Bertz CT molecular complexity index is 500. The van der Waals surface area contributed by atoms with Gasteiger partial charge in [0.15, 0.2) is 0 Å². The molecule has 0 bridgehead atoms. The second-order valence-electron chi connectivity index (χ2n) is 4.27. The van der Waals surface area contributed by atoms with Crippen LogP contribution in [-0.2, 0) is 12.1 Å². The molecule has 0 spiro atoms. The van der Waals surface area contributed by atoms with E-state index < -0.39 is 0 Å². The molecule has 2 aromatic rings. The minimum Gasteiger partial charge on any atom is -0.469 e. The molecule has 5 nitrogen and oxygen atoms in total. The summed E-state index contributed by atoms with van der Waals surface area (Å²) in [4.78, 5) is 4.40. The average molecular weight is 298 g/mol. The zero-order valence-corrected chi connectivity index (χ0v) is 13.0. The van der Waals surface area contributed by atoms with E-state index in [0.29, 0.717) is 18.3 Å². The highest BCUT2D eigenvalue weighted by atomic mass is 32.1. The van der Waals surface area contributed by atoms with E-state index in [-0.39, 0.29) is 5.54 Å². The van der Waals surface area contributed by atoms with Gasteiger partial charge in [-0.1, -0.05) is 18.3 Å². The van der Waals surface area contributed by atoms with Crippen LogP contribution in [0.5, 0.6) is 5.19 Å². The molecular weight excluding hydrogens is 280 g/mol. The Hall–Kier alpha value is -1.05. The highest BCUT2D eigenvalue weighted by molar-refractivity contribution is 7.13. The van der Waals surface area contributed by atoms with Crippen molar-refractivity contribution in [3.63, 3.8) is 0 Å². The fraction of sp³-hybridized carbons (Fsp3) is 0.583. The fourth-order valence-electron chi connectivity index (χ4n) is 1.61. The van der Waals surface area contributed by atoms with Gasteiger partial charge in [0.1, 0.15) is 10.0 Å². The molecule has 0 unspecified atom stereocenters. The van der Waals surface area contributed by atoms with E-state index in [0.717, 1.165) is 16.4 Å². The van der Waals surface area contributed by atoms with Gasteiger partial charge in [-0.15, -0.1) is 21.5 Å². The van der Waals surface area contributed by atoms with Gasteiger partial charge in [0, 0.05) is 11.6 Å². The SMILES string of the molecule is CCOc1nnc(CN[C@@](C)(CC)c2nccs2)s1. The van der Waals surface area contributed by atoms with E-state index in [4.69, 9.17) is 4.74 Å². The van der Waals surface area contributed by atoms with Crippen molar-refractivity contribution in [2.75, 3.05) is 6.61 Å². The van der Waals surface area contributed by atoms with Gasteiger partial charge >= 0.3 is 0 Å². The third kappa shape index (κ3) is 3.49. The number of rotatable bonds is 7. The fourth-order valence-corrected chi connectivity index (χ4v) is 3.14. The van der Waals surface area contributed by atoms with Gasteiger partial charge < -0.3 is 4.74 Å². The summed E-state index contributed by atoms with van der Waals surface area (Å²) in [5.41, 5.74) is -0.119. The topological polar surface area (TPSA) is 59.9 Å². The van der Waals surface area contributed by atoms with Crippen LogP contribution in [0.2, 0.25) is 0 Å². The molecule has 2 aromatic heterocycles. The van der Waals surface area contributed by atoms with Gasteiger partial charge in [0.05, 0.1) is 18.7 Å². The quantitative estimate of drug-likeness (QED) is 0.851. The minimum atomic E-state index is -0.119. The number of hydrogen-bond donors (Lipinski definition) is 1. The molecular formula is C12H18N4OS2. The summed E-state index contributed by atoms with van der Waals surface area (Å²) < 4.78 is 5.32. The molecule has 1 N–H and O–H groups in total. The first kappa shape index (κ1) is 14.4. The van der Waals surface area contributed by atoms with Gasteiger partial charge in [-0.2, -0.15) is 0 Å². The molecule has 104 valence electrons. The zero-order valence-electron chi connectivity index (χ0n) is 11.3. The van der Waals surface area contributed by atoms with Gasteiger partial charge in [0.25, 0.3) is 5.19 Å². The van der Waals surface area contributed by atoms with Crippen molar-refractivity contribution < 1.29 is 4.74 Å². The Morgan fingerprint density at radius 2 is 2.21 bits per heavy atom. The first-order valence-corrected chi connectivity index (χ1v) is 7.97. The van der Waals surface area contributed by atoms with Crippen LogP contribution in [0.3, 0.4) is 0 Å². The molecule has 2 heterocycles. The van der Waals surface area contributed by atoms with Crippen molar-refractivity contribution in [3.8, 4) is 5.19 Å². The molecule has 0 aliphatic heterocycles. The van der Waals surface area contributed by atoms with E-state index in [2.05, 4.69) is 34.3 Å². The largest absolute Gasteiger partial charge is 0.469 e. The number of ether oxygens (including phenoxy) is 1. The number of aromatic nitrogens is 3. The summed E-state index contributed by atoms with van der Waals surface area (Å²) in [6.07, 6.45) is 2.81. The molecule has 0 amide bonds. The van der Waals surface area contributed by atoms with Crippen LogP contribution in [0.1, 0.15) is 37.2 Å².